The van der Waals surface area contributed by atoms with Crippen LogP contribution in [-0.4, -0.2) is 12.1 Å². The second kappa shape index (κ2) is 14.1. The highest BCUT2D eigenvalue weighted by Crippen LogP contribution is 2.41. The molecule has 0 aromatic heterocycles. The third kappa shape index (κ3) is 8.60. The summed E-state index contributed by atoms with van der Waals surface area (Å²) < 4.78 is 5.93. The summed E-state index contributed by atoms with van der Waals surface area (Å²) in [5.41, 5.74) is -0.162. The lowest BCUT2D eigenvalue weighted by Crippen LogP contribution is -2.33. The van der Waals surface area contributed by atoms with Gasteiger partial charge in [0.15, 0.2) is 0 Å². The number of carbonyl (C=O) groups is 1. The maximum atomic E-state index is 12.7. The zero-order valence-corrected chi connectivity index (χ0v) is 19.9. The van der Waals surface area contributed by atoms with E-state index in [1.165, 1.54) is 77.0 Å². The van der Waals surface area contributed by atoms with Gasteiger partial charge in [0.2, 0.25) is 0 Å². The summed E-state index contributed by atoms with van der Waals surface area (Å²) in [6.45, 7) is 4.50. The molecule has 2 fully saturated rings. The van der Waals surface area contributed by atoms with Gasteiger partial charge in [-0.3, -0.25) is 4.79 Å². The van der Waals surface area contributed by atoms with E-state index in [1.807, 2.05) is 0 Å². The van der Waals surface area contributed by atoms with Crippen molar-refractivity contribution in [1.82, 2.24) is 0 Å². The molecule has 0 spiro atoms. The quantitative estimate of drug-likeness (QED) is 0.224. The van der Waals surface area contributed by atoms with E-state index in [-0.39, 0.29) is 23.4 Å². The van der Waals surface area contributed by atoms with Crippen molar-refractivity contribution in [2.75, 3.05) is 0 Å². The Labute approximate surface area is 186 Å². The van der Waals surface area contributed by atoms with Gasteiger partial charge in [0.05, 0.1) is 17.4 Å². The highest BCUT2D eigenvalue weighted by Gasteiger charge is 2.37. The molecule has 0 amide bonds. The van der Waals surface area contributed by atoms with Crippen molar-refractivity contribution in [2.45, 2.75) is 142 Å². The lowest BCUT2D eigenvalue weighted by Gasteiger charge is -2.35. The average molecular weight is 418 g/mol. The van der Waals surface area contributed by atoms with Crippen molar-refractivity contribution >= 4 is 5.97 Å². The number of hydrogen-bond donors (Lipinski definition) is 0. The van der Waals surface area contributed by atoms with Gasteiger partial charge < -0.3 is 4.74 Å². The Balaban J connectivity index is 1.63. The molecule has 0 bridgehead atoms. The van der Waals surface area contributed by atoms with Gasteiger partial charge in [0.1, 0.15) is 6.10 Å². The van der Waals surface area contributed by atoms with Gasteiger partial charge in [-0.1, -0.05) is 78.1 Å². The molecule has 0 heterocycles. The van der Waals surface area contributed by atoms with Crippen LogP contribution in [0.5, 0.6) is 0 Å². The normalized spacial score (nSPS) is 29.3. The molecule has 0 unspecified atom stereocenters. The maximum Gasteiger partial charge on any atom is 0.309 e. The van der Waals surface area contributed by atoms with Crippen molar-refractivity contribution in [3.63, 3.8) is 0 Å². The molecule has 0 N–H and O–H groups in total. The smallest absolute Gasteiger partial charge is 0.309 e. The molecule has 2 saturated carbocycles. The van der Waals surface area contributed by atoms with Gasteiger partial charge in [-0.2, -0.15) is 5.26 Å². The summed E-state index contributed by atoms with van der Waals surface area (Å²) in [4.78, 5) is 12.7. The fourth-order valence-corrected chi connectivity index (χ4v) is 5.55. The molecule has 0 aromatic carbocycles. The van der Waals surface area contributed by atoms with Crippen molar-refractivity contribution in [1.29, 1.82) is 5.26 Å². The molecule has 0 radical (unpaired) electrons. The number of rotatable bonds is 13. The van der Waals surface area contributed by atoms with E-state index in [0.29, 0.717) is 0 Å². The van der Waals surface area contributed by atoms with Crippen LogP contribution in [-0.2, 0) is 9.53 Å². The largest absolute Gasteiger partial charge is 0.462 e. The monoisotopic (exact) mass is 417 g/mol. The molecule has 0 aliphatic heterocycles. The molecular formula is C27H47NO2. The van der Waals surface area contributed by atoms with E-state index >= 15 is 0 Å². The van der Waals surface area contributed by atoms with Crippen molar-refractivity contribution in [3.8, 4) is 6.07 Å². The highest BCUT2D eigenvalue weighted by molar-refractivity contribution is 5.72. The Morgan fingerprint density at radius 3 is 2.07 bits per heavy atom. The number of carbonyl (C=O) groups excluding carboxylic acids is 1. The van der Waals surface area contributed by atoms with Gasteiger partial charge in [-0.05, 0) is 63.7 Å². The van der Waals surface area contributed by atoms with E-state index in [1.54, 1.807) is 0 Å². The minimum Gasteiger partial charge on any atom is -0.462 e. The van der Waals surface area contributed by atoms with E-state index < -0.39 is 0 Å². The van der Waals surface area contributed by atoms with Crippen molar-refractivity contribution < 1.29 is 9.53 Å². The second-order valence-corrected chi connectivity index (χ2v) is 10.3. The number of ether oxygens (including phenoxy) is 1. The molecule has 0 aromatic rings. The summed E-state index contributed by atoms with van der Waals surface area (Å²) in [7, 11) is 0. The van der Waals surface area contributed by atoms with Crippen molar-refractivity contribution in [2.24, 2.45) is 17.3 Å². The van der Waals surface area contributed by atoms with Gasteiger partial charge in [0, 0.05) is 0 Å². The van der Waals surface area contributed by atoms with Gasteiger partial charge in [-0.15, -0.1) is 0 Å². The zero-order valence-electron chi connectivity index (χ0n) is 19.9. The molecule has 2 rings (SSSR count). The van der Waals surface area contributed by atoms with Crippen LogP contribution in [0, 0.1) is 28.6 Å². The van der Waals surface area contributed by atoms with Gasteiger partial charge >= 0.3 is 5.97 Å². The van der Waals surface area contributed by atoms with Crippen LogP contribution in [0.4, 0.5) is 0 Å². The van der Waals surface area contributed by atoms with Crippen LogP contribution in [0.3, 0.4) is 0 Å². The first-order valence-electron chi connectivity index (χ1n) is 13.2. The maximum absolute atomic E-state index is 12.7. The molecule has 172 valence electrons. The van der Waals surface area contributed by atoms with E-state index in [0.717, 1.165) is 50.9 Å². The van der Waals surface area contributed by atoms with Crippen LogP contribution in [0.25, 0.3) is 0 Å². The number of esters is 1. The Bertz CT molecular complexity index is 507. The third-order valence-corrected chi connectivity index (χ3v) is 7.81. The topological polar surface area (TPSA) is 50.1 Å². The first kappa shape index (κ1) is 25.2. The molecule has 0 atom stereocenters. The lowest BCUT2D eigenvalue weighted by atomic mass is 9.71. The van der Waals surface area contributed by atoms with E-state index in [2.05, 4.69) is 19.9 Å². The van der Waals surface area contributed by atoms with E-state index in [4.69, 9.17) is 4.74 Å². The highest BCUT2D eigenvalue weighted by atomic mass is 16.5. The van der Waals surface area contributed by atoms with Crippen LogP contribution in [0.1, 0.15) is 136 Å². The van der Waals surface area contributed by atoms with Crippen LogP contribution in [0.15, 0.2) is 0 Å². The SMILES string of the molecule is CCCCCCCC1(C#N)CCC(OC(=O)C2CCC(CCCCCC)CC2)CC1. The molecule has 0 saturated heterocycles. The molecule has 3 nitrogen and oxygen atoms in total. The third-order valence-electron chi connectivity index (χ3n) is 7.81. The number of hydrogen-bond acceptors (Lipinski definition) is 3. The Hall–Kier alpha value is -1.04. The first-order valence-corrected chi connectivity index (χ1v) is 13.2. The molecule has 2 aliphatic carbocycles. The van der Waals surface area contributed by atoms with Crippen LogP contribution >= 0.6 is 0 Å². The molecule has 2 aliphatic rings. The van der Waals surface area contributed by atoms with Gasteiger partial charge in [-0.25, -0.2) is 0 Å². The van der Waals surface area contributed by atoms with Gasteiger partial charge in [0.25, 0.3) is 0 Å². The average Bonchev–Trinajstić information content (AvgIpc) is 2.78. The Morgan fingerprint density at radius 1 is 0.867 bits per heavy atom. The predicted molar refractivity (Wildman–Crippen MR) is 124 cm³/mol. The predicted octanol–water partition coefficient (Wildman–Crippen LogP) is 8.12. The lowest BCUT2D eigenvalue weighted by molar-refractivity contribution is -0.158. The molecule has 3 heteroatoms. The number of unbranched alkanes of at least 4 members (excludes halogenated alkanes) is 7. The summed E-state index contributed by atoms with van der Waals surface area (Å²) in [5, 5.41) is 9.77. The Kier molecular flexibility index (Phi) is 11.9. The van der Waals surface area contributed by atoms with Crippen LogP contribution in [0.2, 0.25) is 0 Å². The number of nitrogens with zero attached hydrogens (tertiary/aromatic N) is 1. The zero-order chi connectivity index (χ0) is 21.7. The minimum atomic E-state index is -0.162. The number of nitriles is 1. The Morgan fingerprint density at radius 2 is 1.47 bits per heavy atom. The fraction of sp³-hybridized carbons (Fsp3) is 0.926. The summed E-state index contributed by atoms with van der Waals surface area (Å²) >= 11 is 0. The first-order chi connectivity index (χ1) is 14.6. The minimum absolute atomic E-state index is 0.0471. The van der Waals surface area contributed by atoms with E-state index in [9.17, 15) is 10.1 Å². The summed E-state index contributed by atoms with van der Waals surface area (Å²) in [5.74, 6) is 1.00. The standard InChI is InChI=1S/C27H47NO2/c1-3-5-7-9-11-19-27(22-28)20-17-25(18-21-27)30-26(29)24-15-13-23(14-16-24)12-10-8-6-4-2/h23-25H,3-21H2,1-2H3. The summed E-state index contributed by atoms with van der Waals surface area (Å²) in [6.07, 6.45) is 22.1. The van der Waals surface area contributed by atoms with Crippen molar-refractivity contribution in [3.05, 3.63) is 0 Å². The summed E-state index contributed by atoms with van der Waals surface area (Å²) in [6, 6.07) is 2.63. The second-order valence-electron chi connectivity index (χ2n) is 10.3. The van der Waals surface area contributed by atoms with Crippen LogP contribution < -0.4 is 0 Å². The molecular weight excluding hydrogens is 370 g/mol. The fourth-order valence-electron chi connectivity index (χ4n) is 5.55. The molecule has 30 heavy (non-hydrogen) atoms.